The zero-order chi connectivity index (χ0) is 52.2. The van der Waals surface area contributed by atoms with Crippen molar-refractivity contribution in [3.8, 4) is 5.75 Å². The molecule has 4 heterocycles. The second-order valence-corrected chi connectivity index (χ2v) is 20.7. The summed E-state index contributed by atoms with van der Waals surface area (Å²) in [5.74, 6) is -0.384. The van der Waals surface area contributed by atoms with E-state index in [2.05, 4.69) is 54.5 Å². The van der Waals surface area contributed by atoms with E-state index >= 15 is 0 Å². The first-order valence-electron chi connectivity index (χ1n) is 25.0. The predicted octanol–water partition coefficient (Wildman–Crippen LogP) is 7.38. The number of fused-ring (bicyclic) bond motifs is 3. The number of unbranched alkanes of at least 4 members (excludes halogenated alkanes) is 2. The molecule has 2 amide bonds. The van der Waals surface area contributed by atoms with Gasteiger partial charge >= 0.3 is 5.97 Å². The van der Waals surface area contributed by atoms with Gasteiger partial charge in [0.15, 0.2) is 5.71 Å². The second-order valence-electron chi connectivity index (χ2n) is 19.3. The third-order valence-corrected chi connectivity index (χ3v) is 14.1. The van der Waals surface area contributed by atoms with Gasteiger partial charge in [0.25, 0.3) is 11.8 Å². The van der Waals surface area contributed by atoms with Gasteiger partial charge in [-0.05, 0) is 82.9 Å². The molecular weight excluding hydrogens is 959 g/mol. The zero-order valence-corrected chi connectivity index (χ0v) is 43.7. The first kappa shape index (κ1) is 55.2. The van der Waals surface area contributed by atoms with Gasteiger partial charge in [0.05, 0.1) is 88.5 Å². The molecule has 73 heavy (non-hydrogen) atoms. The van der Waals surface area contributed by atoms with E-state index in [-0.39, 0.29) is 29.7 Å². The van der Waals surface area contributed by atoms with Gasteiger partial charge < -0.3 is 47.4 Å². The topological polar surface area (TPSA) is 192 Å². The molecule has 0 unspecified atom stereocenters. The summed E-state index contributed by atoms with van der Waals surface area (Å²) in [6.07, 6.45) is 8.18. The Morgan fingerprint density at radius 1 is 0.781 bits per heavy atom. The zero-order valence-electron chi connectivity index (χ0n) is 42.9. The van der Waals surface area contributed by atoms with Gasteiger partial charge in [-0.25, -0.2) is 13.2 Å². The van der Waals surface area contributed by atoms with Crippen molar-refractivity contribution < 1.29 is 69.9 Å². The lowest BCUT2D eigenvalue weighted by Crippen LogP contribution is -2.47. The number of carbonyl (C=O) groups excluding carboxylic acids is 3. The van der Waals surface area contributed by atoms with Crippen molar-refractivity contribution >= 4 is 61.9 Å². The minimum absolute atomic E-state index is 0.0193. The van der Waals surface area contributed by atoms with Crippen LogP contribution in [0.15, 0.2) is 83.8 Å². The summed E-state index contributed by atoms with van der Waals surface area (Å²) in [4.78, 5) is 43.7. The van der Waals surface area contributed by atoms with E-state index in [0.29, 0.717) is 127 Å². The number of anilines is 1. The first-order chi connectivity index (χ1) is 35.0. The summed E-state index contributed by atoms with van der Waals surface area (Å²) in [6, 6.07) is 18.7. The Hall–Kier alpha value is -5.57. The minimum Gasteiger partial charge on any atom is -0.744 e. The van der Waals surface area contributed by atoms with Crippen LogP contribution in [0.3, 0.4) is 0 Å². The third-order valence-electron chi connectivity index (χ3n) is 13.2. The molecule has 394 valence electrons. The normalized spacial score (nSPS) is 17.4. The summed E-state index contributed by atoms with van der Waals surface area (Å²) >= 11 is 0. The molecule has 4 aliphatic heterocycles. The Morgan fingerprint density at radius 2 is 1.40 bits per heavy atom. The van der Waals surface area contributed by atoms with E-state index in [1.165, 1.54) is 12.1 Å². The Balaban J connectivity index is 1.08. The SMILES string of the molecule is COCCOCCOCCOCCOCCOCCN1c2cc3c(cc2C(C)=CC1(C)C)/C(=C/C1=[N+](CCCCCC(=O)ON2C(=O)CCC2=O)c2ccc(S(=O)(=O)[O-])cc2C1(C)C)C=C(c1ccccc1)O3. The average Bonchev–Trinajstić information content (AvgIpc) is 3.78. The molecule has 0 radical (unpaired) electrons. The molecule has 0 atom stereocenters. The number of allylic oxidation sites excluding steroid dienone is 4. The first-order valence-corrected chi connectivity index (χ1v) is 26.4. The molecule has 0 aromatic heterocycles. The van der Waals surface area contributed by atoms with Crippen LogP contribution >= 0.6 is 0 Å². The smallest absolute Gasteiger partial charge is 0.333 e. The predicted molar refractivity (Wildman–Crippen MR) is 273 cm³/mol. The Bertz CT molecular complexity index is 2690. The molecule has 3 aromatic rings. The molecule has 17 nitrogen and oxygen atoms in total. The number of hydroxylamine groups is 2. The Kier molecular flexibility index (Phi) is 19.0. The maximum atomic E-state index is 12.6. The summed E-state index contributed by atoms with van der Waals surface area (Å²) in [5, 5.41) is 0.561. The van der Waals surface area contributed by atoms with Crippen LogP contribution in [0.4, 0.5) is 11.4 Å². The fourth-order valence-electron chi connectivity index (χ4n) is 9.51. The number of hydrogen-bond acceptors (Lipinski definition) is 15. The molecule has 0 saturated carbocycles. The molecule has 0 bridgehead atoms. The van der Waals surface area contributed by atoms with Crippen LogP contribution in [-0.2, 0) is 63.2 Å². The van der Waals surface area contributed by atoms with E-state index in [9.17, 15) is 27.4 Å². The maximum Gasteiger partial charge on any atom is 0.333 e. The molecule has 0 spiro atoms. The van der Waals surface area contributed by atoms with Crippen LogP contribution in [0.25, 0.3) is 16.9 Å². The summed E-state index contributed by atoms with van der Waals surface area (Å²) in [5.41, 5.74) is 7.02. The van der Waals surface area contributed by atoms with Crippen molar-refractivity contribution in [1.82, 2.24) is 5.06 Å². The number of imide groups is 1. The van der Waals surface area contributed by atoms with Crippen molar-refractivity contribution in [2.75, 3.05) is 97.8 Å². The van der Waals surface area contributed by atoms with Crippen LogP contribution in [-0.4, -0.2) is 145 Å². The number of carbonyl (C=O) groups is 3. The van der Waals surface area contributed by atoms with Crippen molar-refractivity contribution in [3.63, 3.8) is 0 Å². The van der Waals surface area contributed by atoms with Gasteiger partial charge in [0.1, 0.15) is 28.2 Å². The maximum absolute atomic E-state index is 12.6. The monoisotopic (exact) mass is 1030 g/mol. The second kappa shape index (κ2) is 25.1. The van der Waals surface area contributed by atoms with Gasteiger partial charge in [0.2, 0.25) is 5.69 Å². The quantitative estimate of drug-likeness (QED) is 0.0303. The number of nitrogens with zero attached hydrogens (tertiary/aromatic N) is 3. The van der Waals surface area contributed by atoms with Crippen LogP contribution in [0.1, 0.15) is 95.4 Å². The van der Waals surface area contributed by atoms with Crippen LogP contribution < -0.4 is 9.64 Å². The molecule has 3 aromatic carbocycles. The molecule has 7 rings (SSSR count). The van der Waals surface area contributed by atoms with Crippen molar-refractivity contribution in [2.45, 2.75) is 89.0 Å². The summed E-state index contributed by atoms with van der Waals surface area (Å²) in [6.45, 7) is 16.9. The van der Waals surface area contributed by atoms with Gasteiger partial charge in [0, 0.05) is 85.5 Å². The molecule has 0 N–H and O–H groups in total. The van der Waals surface area contributed by atoms with Crippen molar-refractivity contribution in [1.29, 1.82) is 0 Å². The molecular formula is C55H69N3O14S. The largest absolute Gasteiger partial charge is 0.744 e. The fraction of sp³-hybridized carbons (Fsp3) is 0.491. The lowest BCUT2D eigenvalue weighted by molar-refractivity contribution is -0.438. The highest BCUT2D eigenvalue weighted by Gasteiger charge is 2.45. The Labute approximate surface area is 429 Å². The standard InChI is InChI=1S/C55H69N3O14S/c1-39-38-54(2,3)57(21-22-66-25-26-68-29-30-70-32-31-69-28-27-67-24-23-65-6)47-37-49-44(36-43(39)47)41(33-48(71-49)40-13-9-7-10-14-40)34-50-55(4,5)45-35-42(73(62,63)64)16-17-46(45)56(50)20-12-8-11-15-53(61)72-58-51(59)18-19-52(58)60/h7,9-10,13-14,16-17,33-38H,8,11-12,15,18-32H2,1-6H3. The lowest BCUT2D eigenvalue weighted by Gasteiger charge is -2.44. The van der Waals surface area contributed by atoms with Crippen LogP contribution in [0.5, 0.6) is 5.75 Å². The van der Waals surface area contributed by atoms with Crippen molar-refractivity contribution in [3.05, 3.63) is 101 Å². The van der Waals surface area contributed by atoms with Gasteiger partial charge in [-0.15, -0.1) is 5.06 Å². The highest BCUT2D eigenvalue weighted by molar-refractivity contribution is 7.85. The Morgan fingerprint density at radius 3 is 2.01 bits per heavy atom. The summed E-state index contributed by atoms with van der Waals surface area (Å²) < 4.78 is 79.4. The van der Waals surface area contributed by atoms with Gasteiger partial charge in [-0.3, -0.25) is 9.59 Å². The van der Waals surface area contributed by atoms with Gasteiger partial charge in [-0.1, -0.05) is 36.4 Å². The van der Waals surface area contributed by atoms with E-state index in [4.69, 9.17) is 38.0 Å². The third kappa shape index (κ3) is 14.0. The number of methoxy groups -OCH3 is 1. The molecule has 1 fully saturated rings. The van der Waals surface area contributed by atoms with E-state index in [1.54, 1.807) is 13.2 Å². The lowest BCUT2D eigenvalue weighted by atomic mass is 9.80. The van der Waals surface area contributed by atoms with Crippen molar-refractivity contribution in [2.24, 2.45) is 0 Å². The van der Waals surface area contributed by atoms with Crippen LogP contribution in [0, 0.1) is 0 Å². The highest BCUT2D eigenvalue weighted by atomic mass is 32.2. The number of rotatable bonds is 28. The fourth-order valence-corrected chi connectivity index (χ4v) is 10.0. The number of benzene rings is 3. The average molecular weight is 1030 g/mol. The molecule has 4 aliphatic rings. The molecule has 0 aliphatic carbocycles. The minimum atomic E-state index is -4.75. The van der Waals surface area contributed by atoms with Gasteiger partial charge in [-0.2, -0.15) is 4.58 Å². The molecule has 18 heteroatoms. The van der Waals surface area contributed by atoms with Crippen LogP contribution in [0.2, 0.25) is 0 Å². The van der Waals surface area contributed by atoms with E-state index in [0.717, 1.165) is 44.9 Å². The number of ether oxygens (including phenoxy) is 7. The summed E-state index contributed by atoms with van der Waals surface area (Å²) in [7, 11) is -3.12. The number of hydrogen-bond donors (Lipinski definition) is 0. The molecule has 1 saturated heterocycles. The van der Waals surface area contributed by atoms with E-state index < -0.39 is 33.3 Å². The number of amides is 2. The highest BCUT2D eigenvalue weighted by Crippen LogP contribution is 2.48. The van der Waals surface area contributed by atoms with E-state index in [1.807, 2.05) is 50.3 Å².